The van der Waals surface area contributed by atoms with Crippen molar-refractivity contribution in [3.05, 3.63) is 41.7 Å². The van der Waals surface area contributed by atoms with E-state index in [2.05, 4.69) is 46.5 Å². The van der Waals surface area contributed by atoms with Crippen LogP contribution in [0.25, 0.3) is 0 Å². The highest BCUT2D eigenvalue weighted by Gasteiger charge is 2.38. The summed E-state index contributed by atoms with van der Waals surface area (Å²) in [6, 6.07) is 10.3. The Morgan fingerprint density at radius 3 is 2.37 bits per heavy atom. The maximum absolute atomic E-state index is 13.6. The number of carbonyl (C=O) groups excluding carboxylic acids is 1. The molecule has 9 heteroatoms. The quantitative estimate of drug-likeness (QED) is 0.572. The maximum atomic E-state index is 13.6. The van der Waals surface area contributed by atoms with Crippen molar-refractivity contribution < 1.29 is 13.6 Å². The molecule has 1 aromatic heterocycles. The lowest BCUT2D eigenvalue weighted by molar-refractivity contribution is -0.130. The molecule has 0 radical (unpaired) electrons. The molecule has 1 saturated carbocycles. The molecule has 0 bridgehead atoms. The Morgan fingerprint density at radius 2 is 1.74 bits per heavy atom. The zero-order chi connectivity index (χ0) is 25.0. The number of aromatic nitrogens is 4. The molecule has 0 spiro atoms. The Balaban J connectivity index is 1.37. The molecular formula is C26H38F2N6O. The Bertz CT molecular complexity index is 948. The molecular weight excluding hydrogens is 450 g/mol. The number of piperidine rings is 1. The molecule has 2 heterocycles. The van der Waals surface area contributed by atoms with Crippen molar-refractivity contribution in [3.8, 4) is 0 Å². The van der Waals surface area contributed by atoms with Gasteiger partial charge in [-0.2, -0.15) is 0 Å². The second-order valence-corrected chi connectivity index (χ2v) is 10.6. The number of halogens is 2. The van der Waals surface area contributed by atoms with E-state index in [4.69, 9.17) is 0 Å². The van der Waals surface area contributed by atoms with Crippen LogP contribution in [0.1, 0.15) is 95.1 Å². The molecule has 1 aliphatic carbocycles. The van der Waals surface area contributed by atoms with Crippen molar-refractivity contribution in [1.82, 2.24) is 30.4 Å². The highest BCUT2D eigenvalue weighted by atomic mass is 19.3. The van der Waals surface area contributed by atoms with Gasteiger partial charge in [0.05, 0.1) is 12.1 Å². The van der Waals surface area contributed by atoms with Gasteiger partial charge in [-0.1, -0.05) is 30.3 Å². The summed E-state index contributed by atoms with van der Waals surface area (Å²) in [6.45, 7) is 8.29. The maximum Gasteiger partial charge on any atom is 0.248 e. The van der Waals surface area contributed by atoms with E-state index < -0.39 is 5.92 Å². The van der Waals surface area contributed by atoms with Gasteiger partial charge in [0.15, 0.2) is 5.82 Å². The van der Waals surface area contributed by atoms with Crippen LogP contribution in [0.5, 0.6) is 0 Å². The summed E-state index contributed by atoms with van der Waals surface area (Å²) >= 11 is 0. The molecule has 1 aromatic carbocycles. The molecule has 192 valence electrons. The van der Waals surface area contributed by atoms with E-state index in [1.54, 1.807) is 0 Å². The van der Waals surface area contributed by atoms with E-state index in [9.17, 15) is 13.6 Å². The predicted octanol–water partition coefficient (Wildman–Crippen LogP) is 4.90. The zero-order valence-electron chi connectivity index (χ0n) is 21.0. The lowest BCUT2D eigenvalue weighted by Gasteiger charge is -2.37. The van der Waals surface area contributed by atoms with Crippen LogP contribution in [0.3, 0.4) is 0 Å². The van der Waals surface area contributed by atoms with E-state index in [1.807, 2.05) is 35.0 Å². The molecule has 2 fully saturated rings. The minimum Gasteiger partial charge on any atom is -0.349 e. The number of likely N-dealkylation sites (tertiary alicyclic amines) is 1. The first-order valence-electron chi connectivity index (χ1n) is 13.0. The summed E-state index contributed by atoms with van der Waals surface area (Å²) in [5.74, 6) is -1.74. The minimum atomic E-state index is -2.63. The van der Waals surface area contributed by atoms with Crippen molar-refractivity contribution in [2.75, 3.05) is 13.1 Å². The van der Waals surface area contributed by atoms with E-state index in [0.29, 0.717) is 5.92 Å². The van der Waals surface area contributed by atoms with Crippen LogP contribution in [-0.4, -0.2) is 56.1 Å². The Kier molecular flexibility index (Phi) is 8.14. The van der Waals surface area contributed by atoms with Crippen LogP contribution in [-0.2, 0) is 4.79 Å². The second-order valence-electron chi connectivity index (χ2n) is 10.6. The molecule has 1 unspecified atom stereocenters. The lowest BCUT2D eigenvalue weighted by atomic mass is 9.85. The van der Waals surface area contributed by atoms with Crippen LogP contribution in [0.4, 0.5) is 8.78 Å². The number of amides is 1. The smallest absolute Gasteiger partial charge is 0.248 e. The van der Waals surface area contributed by atoms with Gasteiger partial charge >= 0.3 is 0 Å². The van der Waals surface area contributed by atoms with Gasteiger partial charge in [-0.25, -0.2) is 13.5 Å². The lowest BCUT2D eigenvalue weighted by Crippen LogP contribution is -2.43. The third-order valence-electron chi connectivity index (χ3n) is 7.71. The molecule has 1 amide bonds. The van der Waals surface area contributed by atoms with Crippen molar-refractivity contribution in [3.63, 3.8) is 0 Å². The van der Waals surface area contributed by atoms with Gasteiger partial charge in [-0.05, 0) is 82.0 Å². The summed E-state index contributed by atoms with van der Waals surface area (Å²) in [5.41, 5.74) is 1.06. The summed E-state index contributed by atoms with van der Waals surface area (Å²) in [7, 11) is 0. The van der Waals surface area contributed by atoms with Crippen molar-refractivity contribution in [2.24, 2.45) is 5.92 Å². The fourth-order valence-corrected chi connectivity index (χ4v) is 5.48. The number of nitrogens with one attached hydrogen (secondary N) is 1. The number of alkyl halides is 2. The van der Waals surface area contributed by atoms with E-state index in [0.717, 1.165) is 43.7 Å². The molecule has 1 aliphatic heterocycles. The van der Waals surface area contributed by atoms with Crippen LogP contribution < -0.4 is 5.32 Å². The monoisotopic (exact) mass is 488 g/mol. The number of carbonyl (C=O) groups is 1. The first kappa shape index (κ1) is 25.7. The van der Waals surface area contributed by atoms with Gasteiger partial charge in [0, 0.05) is 30.7 Å². The van der Waals surface area contributed by atoms with Crippen molar-refractivity contribution >= 4 is 5.91 Å². The molecule has 2 aliphatic rings. The number of hydrogen-bond acceptors (Lipinski definition) is 5. The molecule has 1 N–H and O–H groups in total. The molecule has 1 saturated heterocycles. The molecule has 7 nitrogen and oxygen atoms in total. The molecule has 2 atom stereocenters. The fraction of sp³-hybridized carbons (Fsp3) is 0.692. The highest BCUT2D eigenvalue weighted by molar-refractivity contribution is 5.79. The summed E-state index contributed by atoms with van der Waals surface area (Å²) < 4.78 is 29.1. The van der Waals surface area contributed by atoms with Gasteiger partial charge < -0.3 is 10.2 Å². The van der Waals surface area contributed by atoms with Crippen LogP contribution in [0.2, 0.25) is 0 Å². The van der Waals surface area contributed by atoms with Crippen LogP contribution >= 0.6 is 0 Å². The molecule has 35 heavy (non-hydrogen) atoms. The van der Waals surface area contributed by atoms with Gasteiger partial charge in [0.25, 0.3) is 0 Å². The standard InChI is InChI=1S/C26H38F2N6O/c1-18(2)34-24(30-31-32-34)21-11-15-33(16-12-21)19(3)17-23(20-7-5-4-6-8-20)29-25(35)22-9-13-26(27,28)14-10-22/h4-8,18-19,21-23H,9-17H2,1-3H3,(H,29,35)/t19?,23-/m0/s1. The van der Waals surface area contributed by atoms with E-state index in [-0.39, 0.29) is 55.6 Å². The summed E-state index contributed by atoms with van der Waals surface area (Å²) in [4.78, 5) is 15.5. The number of rotatable bonds is 8. The van der Waals surface area contributed by atoms with E-state index in [1.165, 1.54) is 0 Å². The average molecular weight is 489 g/mol. The number of benzene rings is 1. The normalized spacial score (nSPS) is 21.7. The molecule has 4 rings (SSSR count). The SMILES string of the molecule is CC(C[C@H](NC(=O)C1CCC(F)(F)CC1)c1ccccc1)N1CCC(c2nnnn2C(C)C)CC1. The zero-order valence-corrected chi connectivity index (χ0v) is 21.0. The third kappa shape index (κ3) is 6.42. The average Bonchev–Trinajstić information content (AvgIpc) is 3.34. The first-order valence-corrected chi connectivity index (χ1v) is 13.0. The predicted molar refractivity (Wildman–Crippen MR) is 130 cm³/mol. The number of tetrazole rings is 1. The minimum absolute atomic E-state index is 0.0965. The van der Waals surface area contributed by atoms with Gasteiger partial charge in [0.1, 0.15) is 0 Å². The van der Waals surface area contributed by atoms with E-state index >= 15 is 0 Å². The first-order chi connectivity index (χ1) is 16.7. The third-order valence-corrected chi connectivity index (χ3v) is 7.71. The summed E-state index contributed by atoms with van der Waals surface area (Å²) in [5, 5.41) is 15.5. The Morgan fingerprint density at radius 1 is 1.09 bits per heavy atom. The van der Waals surface area contributed by atoms with Crippen LogP contribution in [0, 0.1) is 5.92 Å². The topological polar surface area (TPSA) is 75.9 Å². The highest BCUT2D eigenvalue weighted by Crippen LogP contribution is 2.37. The Hall–Kier alpha value is -2.42. The van der Waals surface area contributed by atoms with Crippen molar-refractivity contribution in [2.45, 2.75) is 95.7 Å². The van der Waals surface area contributed by atoms with Gasteiger partial charge in [-0.3, -0.25) is 4.79 Å². The van der Waals surface area contributed by atoms with Crippen LogP contribution in [0.15, 0.2) is 30.3 Å². The van der Waals surface area contributed by atoms with Gasteiger partial charge in [0.2, 0.25) is 11.8 Å². The summed E-state index contributed by atoms with van der Waals surface area (Å²) in [6.07, 6.45) is 2.86. The molecule has 2 aromatic rings. The number of nitrogens with zero attached hydrogens (tertiary/aromatic N) is 5. The largest absolute Gasteiger partial charge is 0.349 e. The second kappa shape index (κ2) is 11.1. The fourth-order valence-electron chi connectivity index (χ4n) is 5.48. The number of hydrogen-bond donors (Lipinski definition) is 1. The Labute approximate surface area is 206 Å². The van der Waals surface area contributed by atoms with Crippen molar-refractivity contribution in [1.29, 1.82) is 0 Å². The van der Waals surface area contributed by atoms with Gasteiger partial charge in [-0.15, -0.1) is 5.10 Å².